The Morgan fingerprint density at radius 3 is 1.56 bits per heavy atom. The maximum absolute atomic E-state index is 3.85. The zero-order valence-corrected chi connectivity index (χ0v) is 32.4. The number of hydrogen-bond donors (Lipinski definition) is 0. The van der Waals surface area contributed by atoms with E-state index in [2.05, 4.69) is 197 Å². The Bertz CT molecular complexity index is 2910. The summed E-state index contributed by atoms with van der Waals surface area (Å²) in [5.74, 6) is 0. The summed E-state index contributed by atoms with van der Waals surface area (Å²) in [5.41, 5.74) is 8.76. The van der Waals surface area contributed by atoms with Gasteiger partial charge in [-0.1, -0.05) is 171 Å². The molecule has 0 saturated carbocycles. The number of fused-ring (bicyclic) bond motifs is 9. The molecule has 0 bridgehead atoms. The number of benzene rings is 9. The highest BCUT2D eigenvalue weighted by atomic mass is 79.9. The average Bonchev–Trinajstić information content (AvgIpc) is 3.57. The summed E-state index contributed by atoms with van der Waals surface area (Å²) in [6.45, 7) is 2.08. The van der Waals surface area contributed by atoms with Gasteiger partial charge in [-0.15, -0.1) is 11.3 Å². The lowest BCUT2D eigenvalue weighted by molar-refractivity contribution is 1.48. The van der Waals surface area contributed by atoms with Gasteiger partial charge < -0.3 is 0 Å². The first kappa shape index (κ1) is 32.8. The predicted octanol–water partition coefficient (Wildman–Crippen LogP) is 16.0. The van der Waals surface area contributed by atoms with E-state index in [0.29, 0.717) is 0 Å². The van der Waals surface area contributed by atoms with E-state index in [9.17, 15) is 0 Å². The van der Waals surface area contributed by atoms with Gasteiger partial charge in [0, 0.05) is 29.1 Å². The molecule has 0 radical (unpaired) electrons. The van der Waals surface area contributed by atoms with E-state index in [1.807, 2.05) is 29.5 Å². The lowest BCUT2D eigenvalue weighted by Gasteiger charge is -2.22. The maximum Gasteiger partial charge on any atom is 0.0361 e. The van der Waals surface area contributed by atoms with Crippen LogP contribution in [0.25, 0.3) is 85.9 Å². The molecule has 0 unspecified atom stereocenters. The molecule has 0 atom stereocenters. The standard InChI is InChI=1S/C42H24Br2S.C7H8/c43-27-18-20-29-30-21-19-28(44)23-35(30)42-39(26-12-5-2-6-13-26)36(24-33(41(42)34(29)22-27)25-10-3-1-4-11-25)31-15-9-17-38-40(31)32-14-7-8-16-37(32)45-38;1-7-5-3-2-4-6-7/h1-24H;2-6H,1H3. The Hall–Kier alpha value is -5.06. The van der Waals surface area contributed by atoms with Gasteiger partial charge in [0.15, 0.2) is 0 Å². The highest BCUT2D eigenvalue weighted by Gasteiger charge is 2.23. The first-order valence-electron chi connectivity index (χ1n) is 17.4. The third kappa shape index (κ3) is 5.84. The molecule has 0 amide bonds. The second kappa shape index (κ2) is 13.8. The van der Waals surface area contributed by atoms with E-state index in [1.165, 1.54) is 91.4 Å². The largest absolute Gasteiger partial charge is 0.135 e. The van der Waals surface area contributed by atoms with E-state index in [0.717, 1.165) is 8.95 Å². The molecule has 0 fully saturated rings. The molecule has 52 heavy (non-hydrogen) atoms. The van der Waals surface area contributed by atoms with Gasteiger partial charge in [0.05, 0.1) is 0 Å². The Morgan fingerprint density at radius 1 is 0.365 bits per heavy atom. The monoisotopic (exact) mass is 810 g/mol. The Morgan fingerprint density at radius 2 is 0.923 bits per heavy atom. The Balaban J connectivity index is 0.000000464. The Labute approximate surface area is 324 Å². The van der Waals surface area contributed by atoms with Gasteiger partial charge in [-0.25, -0.2) is 0 Å². The van der Waals surface area contributed by atoms with Gasteiger partial charge in [0.2, 0.25) is 0 Å². The van der Waals surface area contributed by atoms with Crippen LogP contribution < -0.4 is 0 Å². The summed E-state index contributed by atoms with van der Waals surface area (Å²) in [6.07, 6.45) is 0. The molecule has 0 spiro atoms. The van der Waals surface area contributed by atoms with E-state index in [1.54, 1.807) is 0 Å². The Kier molecular flexibility index (Phi) is 8.72. The molecular formula is C49H32Br2S. The lowest BCUT2D eigenvalue weighted by atomic mass is 9.81. The number of hydrogen-bond acceptors (Lipinski definition) is 1. The highest BCUT2D eigenvalue weighted by Crippen LogP contribution is 2.51. The van der Waals surface area contributed by atoms with E-state index in [4.69, 9.17) is 0 Å². The third-order valence-electron chi connectivity index (χ3n) is 9.90. The molecule has 0 aliphatic rings. The van der Waals surface area contributed by atoms with Gasteiger partial charge in [-0.2, -0.15) is 0 Å². The molecule has 3 heteroatoms. The van der Waals surface area contributed by atoms with Gasteiger partial charge >= 0.3 is 0 Å². The molecule has 248 valence electrons. The number of rotatable bonds is 3. The molecule has 0 aliphatic heterocycles. The van der Waals surface area contributed by atoms with Crippen molar-refractivity contribution in [2.75, 3.05) is 0 Å². The van der Waals surface area contributed by atoms with Crippen LogP contribution in [-0.2, 0) is 0 Å². The molecule has 10 rings (SSSR count). The molecule has 1 heterocycles. The minimum atomic E-state index is 1.07. The highest BCUT2D eigenvalue weighted by molar-refractivity contribution is 9.10. The smallest absolute Gasteiger partial charge is 0.0361 e. The van der Waals surface area contributed by atoms with Crippen LogP contribution >= 0.6 is 43.2 Å². The molecular weight excluding hydrogens is 780 g/mol. The van der Waals surface area contributed by atoms with Crippen LogP contribution in [0.5, 0.6) is 0 Å². The fourth-order valence-corrected chi connectivity index (χ4v) is 9.50. The first-order chi connectivity index (χ1) is 25.5. The summed E-state index contributed by atoms with van der Waals surface area (Å²) in [7, 11) is 0. The van der Waals surface area contributed by atoms with Gasteiger partial charge in [0.1, 0.15) is 0 Å². The zero-order chi connectivity index (χ0) is 35.2. The minimum Gasteiger partial charge on any atom is -0.135 e. The van der Waals surface area contributed by atoms with E-state index in [-0.39, 0.29) is 0 Å². The van der Waals surface area contributed by atoms with Crippen molar-refractivity contribution in [2.24, 2.45) is 0 Å². The molecule has 0 N–H and O–H groups in total. The van der Waals surface area contributed by atoms with Crippen molar-refractivity contribution in [3.63, 3.8) is 0 Å². The second-order valence-corrected chi connectivity index (χ2v) is 16.1. The molecule has 9 aromatic carbocycles. The van der Waals surface area contributed by atoms with Crippen molar-refractivity contribution in [2.45, 2.75) is 6.92 Å². The van der Waals surface area contributed by atoms with E-state index < -0.39 is 0 Å². The maximum atomic E-state index is 3.85. The fraction of sp³-hybridized carbons (Fsp3) is 0.0204. The quantitative estimate of drug-likeness (QED) is 0.156. The SMILES string of the molecule is Brc1ccc2c3ccc(Br)cc3c3c(-c4ccccc4)c(-c4cccc5sc6ccccc6c45)cc(-c4ccccc4)c3c2c1.Cc1ccccc1. The number of thiophene rings is 1. The van der Waals surface area contributed by atoms with E-state index >= 15 is 0 Å². The molecule has 0 saturated heterocycles. The van der Waals surface area contributed by atoms with Gasteiger partial charge in [0.25, 0.3) is 0 Å². The minimum absolute atomic E-state index is 1.07. The van der Waals surface area contributed by atoms with Crippen LogP contribution in [0.15, 0.2) is 185 Å². The van der Waals surface area contributed by atoms with Crippen molar-refractivity contribution in [1.82, 2.24) is 0 Å². The normalized spacial score (nSPS) is 11.4. The fourth-order valence-electron chi connectivity index (χ4n) is 7.64. The van der Waals surface area contributed by atoms with Crippen LogP contribution in [0.4, 0.5) is 0 Å². The topological polar surface area (TPSA) is 0 Å². The van der Waals surface area contributed by atoms with Crippen molar-refractivity contribution in [3.8, 4) is 33.4 Å². The molecule has 1 aromatic heterocycles. The van der Waals surface area contributed by atoms with Crippen molar-refractivity contribution in [1.29, 1.82) is 0 Å². The van der Waals surface area contributed by atoms with Crippen LogP contribution in [0, 0.1) is 6.92 Å². The van der Waals surface area contributed by atoms with Crippen molar-refractivity contribution < 1.29 is 0 Å². The summed E-state index contributed by atoms with van der Waals surface area (Å²) < 4.78 is 4.77. The second-order valence-electron chi connectivity index (χ2n) is 13.1. The van der Waals surface area contributed by atoms with Crippen LogP contribution in [-0.4, -0.2) is 0 Å². The average molecular weight is 813 g/mol. The molecule has 0 aliphatic carbocycles. The van der Waals surface area contributed by atoms with Crippen LogP contribution in [0.1, 0.15) is 5.56 Å². The van der Waals surface area contributed by atoms with Gasteiger partial charge in [-0.3, -0.25) is 0 Å². The predicted molar refractivity (Wildman–Crippen MR) is 235 cm³/mol. The molecule has 10 aromatic rings. The van der Waals surface area contributed by atoms with Crippen LogP contribution in [0.3, 0.4) is 0 Å². The number of halogens is 2. The van der Waals surface area contributed by atoms with Crippen LogP contribution in [0.2, 0.25) is 0 Å². The summed E-state index contributed by atoms with van der Waals surface area (Å²) in [6, 6.07) is 63.7. The molecule has 0 nitrogen and oxygen atoms in total. The summed E-state index contributed by atoms with van der Waals surface area (Å²) in [5, 5.41) is 10.2. The van der Waals surface area contributed by atoms with Crippen molar-refractivity contribution >= 4 is 95.7 Å². The third-order valence-corrected chi connectivity index (χ3v) is 12.0. The lowest BCUT2D eigenvalue weighted by Crippen LogP contribution is -1.95. The first-order valence-corrected chi connectivity index (χ1v) is 19.8. The van der Waals surface area contributed by atoms with Crippen molar-refractivity contribution in [3.05, 3.63) is 190 Å². The zero-order valence-electron chi connectivity index (χ0n) is 28.4. The number of aryl methyl sites for hydroxylation is 1. The van der Waals surface area contributed by atoms with Gasteiger partial charge in [-0.05, 0) is 115 Å². The summed E-state index contributed by atoms with van der Waals surface area (Å²) >= 11 is 9.55. The summed E-state index contributed by atoms with van der Waals surface area (Å²) in [4.78, 5) is 0.